The lowest BCUT2D eigenvalue weighted by Crippen LogP contribution is -2.40. The first kappa shape index (κ1) is 8.39. The molecule has 11 heavy (non-hydrogen) atoms. The van der Waals surface area contributed by atoms with Crippen LogP contribution in [0, 0.1) is 0 Å². The highest BCUT2D eigenvalue weighted by Crippen LogP contribution is 2.20. The molecule has 1 fully saturated rings. The predicted octanol–water partition coefficient (Wildman–Crippen LogP) is -0.856. The monoisotopic (exact) mass is 156 g/mol. The summed E-state index contributed by atoms with van der Waals surface area (Å²) < 4.78 is 4.93. The van der Waals surface area contributed by atoms with Gasteiger partial charge in [0.1, 0.15) is 12.3 Å². The van der Waals surface area contributed by atoms with Crippen molar-refractivity contribution < 1.29 is 9.53 Å². The topological polar surface area (TPSA) is 81.6 Å². The van der Waals surface area contributed by atoms with Gasteiger partial charge in [-0.05, 0) is 6.92 Å². The van der Waals surface area contributed by atoms with Crippen LogP contribution in [0.25, 0.3) is 0 Å². The van der Waals surface area contributed by atoms with E-state index in [-0.39, 0.29) is 11.9 Å². The molecule has 0 aromatic carbocycles. The van der Waals surface area contributed by atoms with Gasteiger partial charge in [-0.15, -0.1) is 0 Å². The maximum Gasteiger partial charge on any atom is 0.192 e. The molecule has 0 aliphatic carbocycles. The maximum atomic E-state index is 11.2. The molecule has 1 saturated heterocycles. The Balaban J connectivity index is 2.62. The number of nitrogens with two attached hydrogens (primary N) is 2. The van der Waals surface area contributed by atoms with Crippen molar-refractivity contribution in [2.75, 3.05) is 6.61 Å². The van der Waals surface area contributed by atoms with Crippen LogP contribution in [-0.2, 0) is 9.53 Å². The third-order valence-corrected chi connectivity index (χ3v) is 1.58. The molecular formula is C7H12N2O2. The molecule has 0 radical (unpaired) electrons. The highest BCUT2D eigenvalue weighted by atomic mass is 16.6. The van der Waals surface area contributed by atoms with E-state index in [0.717, 1.165) is 0 Å². The molecule has 4 nitrogen and oxygen atoms in total. The Morgan fingerprint density at radius 3 is 2.55 bits per heavy atom. The lowest BCUT2D eigenvalue weighted by Gasteiger charge is -2.04. The van der Waals surface area contributed by atoms with Crippen LogP contribution in [0.15, 0.2) is 11.6 Å². The SMILES string of the molecule is CC=C(C(=O)C(N)N)C1CO1. The molecule has 1 atom stereocenters. The Kier molecular flexibility index (Phi) is 2.38. The van der Waals surface area contributed by atoms with Gasteiger partial charge >= 0.3 is 0 Å². The minimum Gasteiger partial charge on any atom is -0.368 e. The number of hydrogen-bond acceptors (Lipinski definition) is 4. The fraction of sp³-hybridized carbons (Fsp3) is 0.571. The number of ether oxygens (including phenoxy) is 1. The van der Waals surface area contributed by atoms with Crippen molar-refractivity contribution in [2.24, 2.45) is 11.5 Å². The zero-order valence-electron chi connectivity index (χ0n) is 6.41. The van der Waals surface area contributed by atoms with Gasteiger partial charge in [-0.2, -0.15) is 0 Å². The average molecular weight is 156 g/mol. The minimum absolute atomic E-state index is 0.0536. The number of hydrogen-bond donors (Lipinski definition) is 2. The van der Waals surface area contributed by atoms with E-state index in [1.165, 1.54) is 0 Å². The van der Waals surface area contributed by atoms with E-state index < -0.39 is 6.17 Å². The number of epoxide rings is 1. The molecule has 62 valence electrons. The van der Waals surface area contributed by atoms with Gasteiger partial charge in [-0.3, -0.25) is 4.79 Å². The summed E-state index contributed by atoms with van der Waals surface area (Å²) in [5.74, 6) is -0.227. The molecule has 0 amide bonds. The molecule has 1 unspecified atom stereocenters. The summed E-state index contributed by atoms with van der Waals surface area (Å²) in [5, 5.41) is 0. The van der Waals surface area contributed by atoms with Gasteiger partial charge in [-0.25, -0.2) is 0 Å². The summed E-state index contributed by atoms with van der Waals surface area (Å²) in [4.78, 5) is 11.2. The van der Waals surface area contributed by atoms with Crippen molar-refractivity contribution in [3.8, 4) is 0 Å². The Bertz CT molecular complexity index is 195. The Hall–Kier alpha value is -0.710. The quantitative estimate of drug-likeness (QED) is 0.316. The predicted molar refractivity (Wildman–Crippen MR) is 40.7 cm³/mol. The maximum absolute atomic E-state index is 11.2. The van der Waals surface area contributed by atoms with E-state index in [1.807, 2.05) is 0 Å². The molecule has 0 bridgehead atoms. The van der Waals surface area contributed by atoms with E-state index in [4.69, 9.17) is 16.2 Å². The first-order chi connectivity index (χ1) is 5.16. The van der Waals surface area contributed by atoms with E-state index in [0.29, 0.717) is 12.2 Å². The van der Waals surface area contributed by atoms with Crippen molar-refractivity contribution in [2.45, 2.75) is 19.2 Å². The normalized spacial score (nSPS) is 24.0. The van der Waals surface area contributed by atoms with Gasteiger partial charge in [0, 0.05) is 5.57 Å². The van der Waals surface area contributed by atoms with Gasteiger partial charge < -0.3 is 16.2 Å². The molecular weight excluding hydrogens is 144 g/mol. The van der Waals surface area contributed by atoms with E-state index in [1.54, 1.807) is 13.0 Å². The number of allylic oxidation sites excluding steroid dienone is 1. The molecule has 4 N–H and O–H groups in total. The summed E-state index contributed by atoms with van der Waals surface area (Å²) in [6.45, 7) is 2.38. The van der Waals surface area contributed by atoms with Crippen LogP contribution in [0.4, 0.5) is 0 Å². The third-order valence-electron chi connectivity index (χ3n) is 1.58. The van der Waals surface area contributed by atoms with Crippen LogP contribution < -0.4 is 11.5 Å². The summed E-state index contributed by atoms with van der Waals surface area (Å²) in [6, 6.07) is 0. The molecule has 4 heteroatoms. The lowest BCUT2D eigenvalue weighted by atomic mass is 10.1. The molecule has 0 spiro atoms. The van der Waals surface area contributed by atoms with Gasteiger partial charge in [0.15, 0.2) is 5.78 Å². The van der Waals surface area contributed by atoms with Gasteiger partial charge in [0.25, 0.3) is 0 Å². The largest absolute Gasteiger partial charge is 0.368 e. The average Bonchev–Trinajstić information content (AvgIpc) is 2.72. The molecule has 0 saturated carbocycles. The zero-order chi connectivity index (χ0) is 8.43. The van der Waals surface area contributed by atoms with Gasteiger partial charge in [0.2, 0.25) is 0 Å². The first-order valence-electron chi connectivity index (χ1n) is 3.50. The fourth-order valence-electron chi connectivity index (χ4n) is 0.907. The summed E-state index contributed by atoms with van der Waals surface area (Å²) in [7, 11) is 0. The lowest BCUT2D eigenvalue weighted by molar-refractivity contribution is -0.116. The highest BCUT2D eigenvalue weighted by molar-refractivity contribution is 6.00. The van der Waals surface area contributed by atoms with Crippen molar-refractivity contribution in [1.82, 2.24) is 0 Å². The van der Waals surface area contributed by atoms with Crippen molar-refractivity contribution >= 4 is 5.78 Å². The van der Waals surface area contributed by atoms with Crippen LogP contribution in [0.2, 0.25) is 0 Å². The molecule has 1 heterocycles. The minimum atomic E-state index is -0.912. The number of carbonyl (C=O) groups excluding carboxylic acids is 1. The van der Waals surface area contributed by atoms with E-state index in [2.05, 4.69) is 0 Å². The molecule has 1 rings (SSSR count). The Morgan fingerprint density at radius 1 is 1.73 bits per heavy atom. The van der Waals surface area contributed by atoms with Crippen LogP contribution in [0.1, 0.15) is 6.92 Å². The molecule has 1 aliphatic rings. The third kappa shape index (κ3) is 1.86. The fourth-order valence-corrected chi connectivity index (χ4v) is 0.907. The highest BCUT2D eigenvalue weighted by Gasteiger charge is 2.32. The molecule has 0 aromatic rings. The number of rotatable bonds is 3. The van der Waals surface area contributed by atoms with Crippen molar-refractivity contribution in [3.05, 3.63) is 11.6 Å². The standard InChI is InChI=1S/C7H12N2O2/c1-2-4(5-3-11-5)6(10)7(8)9/h2,5,7H,3,8-9H2,1H3. The summed E-state index contributed by atoms with van der Waals surface area (Å²) >= 11 is 0. The second kappa shape index (κ2) is 3.13. The van der Waals surface area contributed by atoms with E-state index >= 15 is 0 Å². The first-order valence-corrected chi connectivity index (χ1v) is 3.50. The second-order valence-electron chi connectivity index (χ2n) is 2.46. The zero-order valence-corrected chi connectivity index (χ0v) is 6.41. The van der Waals surface area contributed by atoms with Crippen LogP contribution >= 0.6 is 0 Å². The van der Waals surface area contributed by atoms with Crippen molar-refractivity contribution in [3.63, 3.8) is 0 Å². The Labute approximate surface area is 65.2 Å². The van der Waals surface area contributed by atoms with Crippen LogP contribution in [-0.4, -0.2) is 24.7 Å². The second-order valence-corrected chi connectivity index (χ2v) is 2.46. The summed E-state index contributed by atoms with van der Waals surface area (Å²) in [5.41, 5.74) is 11.0. The molecule has 0 aromatic heterocycles. The molecule has 1 aliphatic heterocycles. The number of carbonyl (C=O) groups is 1. The van der Waals surface area contributed by atoms with Gasteiger partial charge in [0.05, 0.1) is 6.61 Å². The van der Waals surface area contributed by atoms with Gasteiger partial charge in [-0.1, -0.05) is 6.08 Å². The number of Topliss-reactive ketones (excluding diaryl/α,β-unsaturated/α-hetero) is 1. The van der Waals surface area contributed by atoms with Crippen molar-refractivity contribution in [1.29, 1.82) is 0 Å². The Morgan fingerprint density at radius 2 is 2.27 bits per heavy atom. The van der Waals surface area contributed by atoms with Crippen LogP contribution in [0.3, 0.4) is 0 Å². The summed E-state index contributed by atoms with van der Waals surface area (Å²) in [6.07, 6.45) is 0.736. The smallest absolute Gasteiger partial charge is 0.192 e. The van der Waals surface area contributed by atoms with E-state index in [9.17, 15) is 4.79 Å². The number of ketones is 1. The van der Waals surface area contributed by atoms with Crippen LogP contribution in [0.5, 0.6) is 0 Å².